The standard InChI is InChI=1S/C17H10ClF3N4/c1-24-17(12(7-23-24)11-3-2-9(19)4-13(11)18)25-8-22-15-6-10(20)5-14(21)16(15)25/h2-8H,1H3. The van der Waals surface area contributed by atoms with Gasteiger partial charge < -0.3 is 0 Å². The highest BCUT2D eigenvalue weighted by Gasteiger charge is 2.19. The Labute approximate surface area is 145 Å². The molecule has 2 aromatic heterocycles. The number of aromatic nitrogens is 4. The van der Waals surface area contributed by atoms with Crippen LogP contribution in [0.15, 0.2) is 42.9 Å². The number of nitrogens with zero attached hydrogens (tertiary/aromatic N) is 4. The maximum atomic E-state index is 14.3. The summed E-state index contributed by atoms with van der Waals surface area (Å²) in [4.78, 5) is 4.06. The van der Waals surface area contributed by atoms with Crippen LogP contribution in [0.2, 0.25) is 5.02 Å². The third-order valence-electron chi connectivity index (χ3n) is 3.92. The fourth-order valence-corrected chi connectivity index (χ4v) is 3.11. The van der Waals surface area contributed by atoms with Gasteiger partial charge in [-0.05, 0) is 18.2 Å². The lowest BCUT2D eigenvalue weighted by molar-refractivity contribution is 0.589. The molecule has 0 amide bonds. The van der Waals surface area contributed by atoms with E-state index in [0.29, 0.717) is 16.9 Å². The minimum Gasteiger partial charge on any atom is -0.280 e. The van der Waals surface area contributed by atoms with Gasteiger partial charge in [0.05, 0.1) is 16.7 Å². The van der Waals surface area contributed by atoms with Crippen LogP contribution < -0.4 is 0 Å². The Morgan fingerprint density at radius 3 is 2.56 bits per heavy atom. The van der Waals surface area contributed by atoms with E-state index < -0.39 is 17.5 Å². The van der Waals surface area contributed by atoms with Gasteiger partial charge in [0, 0.05) is 30.3 Å². The first-order chi connectivity index (χ1) is 12.0. The quantitative estimate of drug-likeness (QED) is 0.526. The number of imidazole rings is 1. The highest BCUT2D eigenvalue weighted by atomic mass is 35.5. The normalized spacial score (nSPS) is 11.4. The summed E-state index contributed by atoms with van der Waals surface area (Å²) in [7, 11) is 1.67. The summed E-state index contributed by atoms with van der Waals surface area (Å²) in [6.07, 6.45) is 2.92. The number of hydrogen-bond acceptors (Lipinski definition) is 2. The molecule has 4 rings (SSSR count). The minimum atomic E-state index is -0.746. The summed E-state index contributed by atoms with van der Waals surface area (Å²) in [6.45, 7) is 0. The zero-order valence-electron chi connectivity index (χ0n) is 12.8. The molecule has 4 nitrogen and oxygen atoms in total. The van der Waals surface area contributed by atoms with Gasteiger partial charge in [0.25, 0.3) is 0 Å². The zero-order valence-corrected chi connectivity index (χ0v) is 13.6. The van der Waals surface area contributed by atoms with Gasteiger partial charge in [-0.25, -0.2) is 18.2 Å². The van der Waals surface area contributed by atoms with E-state index in [-0.39, 0.29) is 16.1 Å². The third-order valence-corrected chi connectivity index (χ3v) is 4.23. The van der Waals surface area contributed by atoms with E-state index in [1.807, 2.05) is 0 Å². The molecule has 0 bridgehead atoms. The smallest absolute Gasteiger partial charge is 0.152 e. The molecular weight excluding hydrogens is 353 g/mol. The number of hydrogen-bond donors (Lipinski definition) is 0. The van der Waals surface area contributed by atoms with Crippen LogP contribution in [0.3, 0.4) is 0 Å². The number of halogens is 4. The molecule has 0 aliphatic heterocycles. The molecular formula is C17H10ClF3N4. The Hall–Kier alpha value is -2.80. The molecule has 0 saturated carbocycles. The molecule has 0 aliphatic carbocycles. The van der Waals surface area contributed by atoms with E-state index in [1.165, 1.54) is 33.8 Å². The highest BCUT2D eigenvalue weighted by molar-refractivity contribution is 6.33. The van der Waals surface area contributed by atoms with E-state index >= 15 is 0 Å². The molecule has 0 radical (unpaired) electrons. The molecule has 0 spiro atoms. The van der Waals surface area contributed by atoms with Gasteiger partial charge in [-0.2, -0.15) is 5.10 Å². The number of rotatable bonds is 2. The summed E-state index contributed by atoms with van der Waals surface area (Å²) in [5, 5.41) is 4.38. The second-order valence-electron chi connectivity index (χ2n) is 5.50. The number of benzene rings is 2. The fourth-order valence-electron chi connectivity index (χ4n) is 2.84. The zero-order chi connectivity index (χ0) is 17.7. The number of fused-ring (bicyclic) bond motifs is 1. The predicted molar refractivity (Wildman–Crippen MR) is 88.2 cm³/mol. The largest absolute Gasteiger partial charge is 0.280 e. The van der Waals surface area contributed by atoms with Crippen LogP contribution in [-0.4, -0.2) is 19.3 Å². The van der Waals surface area contributed by atoms with Crippen LogP contribution >= 0.6 is 11.6 Å². The Kier molecular flexibility index (Phi) is 3.54. The Balaban J connectivity index is 2.01. The molecule has 0 atom stereocenters. The molecule has 0 aliphatic rings. The van der Waals surface area contributed by atoms with Crippen molar-refractivity contribution in [2.45, 2.75) is 0 Å². The topological polar surface area (TPSA) is 35.6 Å². The second kappa shape index (κ2) is 5.63. The van der Waals surface area contributed by atoms with Crippen molar-refractivity contribution >= 4 is 22.6 Å². The van der Waals surface area contributed by atoms with E-state index in [2.05, 4.69) is 10.1 Å². The first-order valence-electron chi connectivity index (χ1n) is 7.25. The van der Waals surface area contributed by atoms with Gasteiger partial charge in [-0.1, -0.05) is 11.6 Å². The first-order valence-corrected chi connectivity index (χ1v) is 7.63. The van der Waals surface area contributed by atoms with Crippen LogP contribution in [0.4, 0.5) is 13.2 Å². The molecule has 2 aromatic carbocycles. The van der Waals surface area contributed by atoms with Crippen molar-refractivity contribution in [1.29, 1.82) is 0 Å². The lowest BCUT2D eigenvalue weighted by Gasteiger charge is -2.10. The van der Waals surface area contributed by atoms with Crippen molar-refractivity contribution in [3.05, 3.63) is 65.3 Å². The number of aryl methyl sites for hydroxylation is 1. The lowest BCUT2D eigenvalue weighted by atomic mass is 10.1. The monoisotopic (exact) mass is 362 g/mol. The molecule has 126 valence electrons. The second-order valence-corrected chi connectivity index (χ2v) is 5.91. The van der Waals surface area contributed by atoms with Gasteiger partial charge >= 0.3 is 0 Å². The van der Waals surface area contributed by atoms with E-state index in [4.69, 9.17) is 11.6 Å². The van der Waals surface area contributed by atoms with Crippen molar-refractivity contribution < 1.29 is 13.2 Å². The molecule has 4 aromatic rings. The van der Waals surface area contributed by atoms with Crippen molar-refractivity contribution in [2.24, 2.45) is 7.05 Å². The van der Waals surface area contributed by atoms with E-state index in [0.717, 1.165) is 12.1 Å². The summed E-state index contributed by atoms with van der Waals surface area (Å²) in [6, 6.07) is 5.93. The van der Waals surface area contributed by atoms with Crippen molar-refractivity contribution in [1.82, 2.24) is 19.3 Å². The van der Waals surface area contributed by atoms with Crippen molar-refractivity contribution in [3.63, 3.8) is 0 Å². The van der Waals surface area contributed by atoms with Crippen LogP contribution in [0.25, 0.3) is 28.0 Å². The van der Waals surface area contributed by atoms with Crippen molar-refractivity contribution in [3.8, 4) is 16.9 Å². The predicted octanol–water partition coefficient (Wildman–Crippen LogP) is 4.50. The minimum absolute atomic E-state index is 0.115. The first kappa shape index (κ1) is 15.7. The Morgan fingerprint density at radius 1 is 1.00 bits per heavy atom. The molecule has 0 unspecified atom stereocenters. The average Bonchev–Trinajstić information content (AvgIpc) is 3.10. The summed E-state index contributed by atoms with van der Waals surface area (Å²) in [5.41, 5.74) is 1.39. The maximum absolute atomic E-state index is 14.3. The van der Waals surface area contributed by atoms with Gasteiger partial charge in [-0.3, -0.25) is 9.25 Å². The molecule has 0 N–H and O–H groups in total. The van der Waals surface area contributed by atoms with E-state index in [9.17, 15) is 13.2 Å². The summed E-state index contributed by atoms with van der Waals surface area (Å²) < 4.78 is 44.0. The molecule has 0 saturated heterocycles. The summed E-state index contributed by atoms with van der Waals surface area (Å²) >= 11 is 6.15. The van der Waals surface area contributed by atoms with Crippen molar-refractivity contribution in [2.75, 3.05) is 0 Å². The van der Waals surface area contributed by atoms with Crippen LogP contribution in [0.1, 0.15) is 0 Å². The maximum Gasteiger partial charge on any atom is 0.152 e. The van der Waals surface area contributed by atoms with Crippen LogP contribution in [-0.2, 0) is 7.05 Å². The SMILES string of the molecule is Cn1ncc(-c2ccc(F)cc2Cl)c1-n1cnc2cc(F)cc(F)c21. The van der Waals surface area contributed by atoms with Crippen LogP contribution in [0.5, 0.6) is 0 Å². The Bertz CT molecular complexity index is 1120. The lowest BCUT2D eigenvalue weighted by Crippen LogP contribution is -2.04. The molecule has 0 fully saturated rings. The molecule has 2 heterocycles. The average molecular weight is 363 g/mol. The van der Waals surface area contributed by atoms with Gasteiger partial charge in [0.15, 0.2) is 5.82 Å². The third kappa shape index (κ3) is 2.47. The summed E-state index contributed by atoms with van der Waals surface area (Å²) in [5.74, 6) is -1.44. The van der Waals surface area contributed by atoms with Gasteiger partial charge in [0.2, 0.25) is 0 Å². The van der Waals surface area contributed by atoms with Crippen LogP contribution in [0, 0.1) is 17.5 Å². The van der Waals surface area contributed by atoms with Gasteiger partial charge in [0.1, 0.15) is 29.3 Å². The highest BCUT2D eigenvalue weighted by Crippen LogP contribution is 2.34. The molecule has 8 heteroatoms. The van der Waals surface area contributed by atoms with Gasteiger partial charge in [-0.15, -0.1) is 0 Å². The van der Waals surface area contributed by atoms with E-state index in [1.54, 1.807) is 13.2 Å². The molecule has 25 heavy (non-hydrogen) atoms. The fraction of sp³-hybridized carbons (Fsp3) is 0.0588. The Morgan fingerprint density at radius 2 is 1.80 bits per heavy atom.